The van der Waals surface area contributed by atoms with Gasteiger partial charge in [0.25, 0.3) is 0 Å². The molecule has 0 radical (unpaired) electrons. The number of sulfone groups is 1. The molecule has 0 aromatic heterocycles. The van der Waals surface area contributed by atoms with Crippen molar-refractivity contribution in [2.45, 2.75) is 16.1 Å². The van der Waals surface area contributed by atoms with Crippen LogP contribution >= 0.6 is 11.6 Å². The van der Waals surface area contributed by atoms with E-state index in [0.717, 1.165) is 0 Å². The van der Waals surface area contributed by atoms with Gasteiger partial charge in [0, 0.05) is 10.9 Å². The first-order valence-corrected chi connectivity index (χ1v) is 8.77. The van der Waals surface area contributed by atoms with E-state index in [1.807, 2.05) is 12.1 Å². The number of hydrogen-bond donors (Lipinski definition) is 0. The topological polar surface area (TPSA) is 81.7 Å². The summed E-state index contributed by atoms with van der Waals surface area (Å²) < 4.78 is 25.7. The first-order chi connectivity index (χ1) is 11.0. The van der Waals surface area contributed by atoms with Crippen LogP contribution < -0.4 is 0 Å². The monoisotopic (exact) mass is 342 g/mol. The molecule has 6 heteroatoms. The lowest BCUT2D eigenvalue weighted by atomic mass is 10.0. The molecule has 0 amide bonds. The highest BCUT2D eigenvalue weighted by Crippen LogP contribution is 2.63. The Morgan fingerprint density at radius 3 is 2.22 bits per heavy atom. The van der Waals surface area contributed by atoms with Gasteiger partial charge in [-0.25, -0.2) is 8.42 Å². The average molecular weight is 343 g/mol. The van der Waals surface area contributed by atoms with Crippen molar-refractivity contribution in [3.05, 3.63) is 65.2 Å². The van der Waals surface area contributed by atoms with Crippen molar-refractivity contribution in [1.82, 2.24) is 0 Å². The molecular weight excluding hydrogens is 332 g/mol. The fourth-order valence-electron chi connectivity index (χ4n) is 2.97. The van der Waals surface area contributed by atoms with Gasteiger partial charge in [-0.1, -0.05) is 41.9 Å². The number of halogens is 1. The maximum absolute atomic E-state index is 12.9. The Hall–Kier alpha value is -2.34. The van der Waals surface area contributed by atoms with Crippen molar-refractivity contribution in [1.29, 1.82) is 10.5 Å². The Kier molecular flexibility index (Phi) is 3.64. The maximum atomic E-state index is 12.9. The van der Waals surface area contributed by atoms with E-state index in [-0.39, 0.29) is 4.90 Å². The van der Waals surface area contributed by atoms with Crippen molar-refractivity contribution in [2.24, 2.45) is 5.41 Å². The van der Waals surface area contributed by atoms with E-state index in [1.165, 1.54) is 12.1 Å². The summed E-state index contributed by atoms with van der Waals surface area (Å²) in [7, 11) is -3.80. The van der Waals surface area contributed by atoms with Crippen LogP contribution in [0.5, 0.6) is 0 Å². The molecule has 0 N–H and O–H groups in total. The minimum absolute atomic E-state index is 0.115. The van der Waals surface area contributed by atoms with Gasteiger partial charge in [-0.05, 0) is 29.8 Å². The zero-order valence-electron chi connectivity index (χ0n) is 11.8. The Morgan fingerprint density at radius 2 is 1.65 bits per heavy atom. The molecule has 23 heavy (non-hydrogen) atoms. The van der Waals surface area contributed by atoms with Crippen LogP contribution in [0.25, 0.3) is 0 Å². The summed E-state index contributed by atoms with van der Waals surface area (Å²) in [6.07, 6.45) is 0. The Morgan fingerprint density at radius 1 is 1.00 bits per heavy atom. The SMILES string of the molecule is N#CC1(C#N)[C@H](c2cccc(Cl)c2)[C@@H]1S(=O)(=O)c1ccccc1. The molecule has 0 heterocycles. The van der Waals surface area contributed by atoms with E-state index in [0.29, 0.717) is 10.6 Å². The molecule has 2 aromatic rings. The molecule has 3 rings (SSSR count). The highest BCUT2D eigenvalue weighted by molar-refractivity contribution is 7.92. The fourth-order valence-corrected chi connectivity index (χ4v) is 5.39. The van der Waals surface area contributed by atoms with Crippen molar-refractivity contribution < 1.29 is 8.42 Å². The van der Waals surface area contributed by atoms with Crippen LogP contribution in [0.1, 0.15) is 11.5 Å². The van der Waals surface area contributed by atoms with E-state index in [2.05, 4.69) is 0 Å². The molecule has 0 aliphatic heterocycles. The Bertz CT molecular complexity index is 929. The fraction of sp³-hybridized carbons (Fsp3) is 0.176. The lowest BCUT2D eigenvalue weighted by molar-refractivity contribution is 0.591. The second-order valence-electron chi connectivity index (χ2n) is 5.40. The summed E-state index contributed by atoms with van der Waals surface area (Å²) in [4.78, 5) is 0.115. The predicted molar refractivity (Wildman–Crippen MR) is 85.3 cm³/mol. The first kappa shape index (κ1) is 15.6. The maximum Gasteiger partial charge on any atom is 0.184 e. The molecule has 1 fully saturated rings. The van der Waals surface area contributed by atoms with Gasteiger partial charge in [-0.3, -0.25) is 0 Å². The standard InChI is InChI=1S/C17H11ClN2O2S/c18-13-6-4-5-12(9-13)15-16(17(15,10-19)11-20)23(21,22)14-7-2-1-3-8-14/h1-9,15-16H/t15-,16+/m1/s1. The number of hydrogen-bond acceptors (Lipinski definition) is 4. The molecule has 1 aliphatic rings. The summed E-state index contributed by atoms with van der Waals surface area (Å²) in [6.45, 7) is 0. The van der Waals surface area contributed by atoms with E-state index < -0.39 is 26.4 Å². The molecule has 1 aliphatic carbocycles. The number of nitriles is 2. The van der Waals surface area contributed by atoms with E-state index in [4.69, 9.17) is 11.6 Å². The average Bonchev–Trinajstić information content (AvgIpc) is 3.26. The third-order valence-electron chi connectivity index (χ3n) is 4.12. The largest absolute Gasteiger partial charge is 0.223 e. The van der Waals surface area contributed by atoms with Crippen LogP contribution in [0.2, 0.25) is 5.02 Å². The van der Waals surface area contributed by atoms with Crippen LogP contribution in [-0.4, -0.2) is 13.7 Å². The number of nitrogens with zero attached hydrogens (tertiary/aromatic N) is 2. The zero-order chi connectivity index (χ0) is 16.7. The minimum atomic E-state index is -3.80. The van der Waals surface area contributed by atoms with Crippen LogP contribution in [0, 0.1) is 28.1 Å². The smallest absolute Gasteiger partial charge is 0.184 e. The highest BCUT2D eigenvalue weighted by atomic mass is 35.5. The van der Waals surface area contributed by atoms with Crippen molar-refractivity contribution >= 4 is 21.4 Å². The van der Waals surface area contributed by atoms with Gasteiger partial charge in [0.15, 0.2) is 15.3 Å². The van der Waals surface area contributed by atoms with Gasteiger partial charge in [0.2, 0.25) is 0 Å². The van der Waals surface area contributed by atoms with Crippen LogP contribution in [0.4, 0.5) is 0 Å². The van der Waals surface area contributed by atoms with Gasteiger partial charge < -0.3 is 0 Å². The molecule has 0 spiro atoms. The van der Waals surface area contributed by atoms with Crippen LogP contribution in [0.15, 0.2) is 59.5 Å². The van der Waals surface area contributed by atoms with Crippen molar-refractivity contribution in [3.8, 4) is 12.1 Å². The Balaban J connectivity index is 2.12. The Labute approximate surface area is 139 Å². The molecule has 4 nitrogen and oxygen atoms in total. The lowest BCUT2D eigenvalue weighted by Gasteiger charge is -2.03. The van der Waals surface area contributed by atoms with E-state index in [9.17, 15) is 18.9 Å². The normalized spacial score (nSPS) is 21.9. The summed E-state index contributed by atoms with van der Waals surface area (Å²) in [5.74, 6) is -0.707. The summed E-state index contributed by atoms with van der Waals surface area (Å²) >= 11 is 5.96. The third-order valence-corrected chi connectivity index (χ3v) is 6.59. The van der Waals surface area contributed by atoms with Crippen LogP contribution in [0.3, 0.4) is 0 Å². The minimum Gasteiger partial charge on any atom is -0.223 e. The summed E-state index contributed by atoms with van der Waals surface area (Å²) in [5.41, 5.74) is -0.996. The second kappa shape index (κ2) is 5.38. The van der Waals surface area contributed by atoms with Gasteiger partial charge in [-0.15, -0.1) is 0 Å². The predicted octanol–water partition coefficient (Wildman–Crippen LogP) is 3.31. The van der Waals surface area contributed by atoms with Crippen molar-refractivity contribution in [2.75, 3.05) is 0 Å². The molecule has 0 saturated heterocycles. The lowest BCUT2D eigenvalue weighted by Crippen LogP contribution is -2.14. The highest BCUT2D eigenvalue weighted by Gasteiger charge is 2.73. The van der Waals surface area contributed by atoms with Gasteiger partial charge >= 0.3 is 0 Å². The van der Waals surface area contributed by atoms with Crippen molar-refractivity contribution in [3.63, 3.8) is 0 Å². The van der Waals surface area contributed by atoms with Gasteiger partial charge in [-0.2, -0.15) is 10.5 Å². The molecule has 2 aromatic carbocycles. The number of benzene rings is 2. The zero-order valence-corrected chi connectivity index (χ0v) is 13.4. The molecule has 2 atom stereocenters. The quantitative estimate of drug-likeness (QED) is 0.856. The summed E-state index contributed by atoms with van der Waals surface area (Å²) in [5, 5.41) is 18.3. The van der Waals surface area contributed by atoms with Gasteiger partial charge in [0.05, 0.1) is 17.0 Å². The molecular formula is C17H11ClN2O2S. The van der Waals surface area contributed by atoms with Gasteiger partial charge in [0.1, 0.15) is 5.25 Å². The van der Waals surface area contributed by atoms with E-state index >= 15 is 0 Å². The summed E-state index contributed by atoms with van der Waals surface area (Å²) in [6, 6.07) is 18.4. The number of rotatable bonds is 3. The molecule has 0 bridgehead atoms. The molecule has 1 saturated carbocycles. The first-order valence-electron chi connectivity index (χ1n) is 6.84. The molecule has 114 valence electrons. The third kappa shape index (κ3) is 2.30. The molecule has 0 unspecified atom stereocenters. The second-order valence-corrected chi connectivity index (χ2v) is 7.91. The van der Waals surface area contributed by atoms with Crippen LogP contribution in [-0.2, 0) is 9.84 Å². The van der Waals surface area contributed by atoms with E-state index in [1.54, 1.807) is 42.5 Å².